The van der Waals surface area contributed by atoms with Crippen LogP contribution < -0.4 is 15.5 Å². The number of aromatic nitrogens is 3. The Labute approximate surface area is 239 Å². The summed E-state index contributed by atoms with van der Waals surface area (Å²) in [6.07, 6.45) is 11.2. The summed E-state index contributed by atoms with van der Waals surface area (Å²) < 4.78 is 2.24. The van der Waals surface area contributed by atoms with Crippen LogP contribution in [0.4, 0.5) is 10.9 Å². The minimum atomic E-state index is -0.0486. The van der Waals surface area contributed by atoms with Crippen LogP contribution in [0.3, 0.4) is 0 Å². The van der Waals surface area contributed by atoms with Crippen molar-refractivity contribution in [3.63, 3.8) is 0 Å². The first kappa shape index (κ1) is 25.7. The Hall–Kier alpha value is -3.20. The highest BCUT2D eigenvalue weighted by Crippen LogP contribution is 2.47. The summed E-state index contributed by atoms with van der Waals surface area (Å²) in [5.74, 6) is 1.60. The second-order valence-corrected chi connectivity index (χ2v) is 13.8. The van der Waals surface area contributed by atoms with Crippen LogP contribution in [0.25, 0.3) is 0 Å². The average molecular weight is 559 g/mol. The molecule has 2 heterocycles. The zero-order valence-electron chi connectivity index (χ0n) is 23.2. The molecule has 1 aromatic carbocycles. The van der Waals surface area contributed by atoms with Crippen LogP contribution in [0.2, 0.25) is 0 Å². The normalized spacial score (nSPS) is 21.0. The molecule has 0 bridgehead atoms. The Balaban J connectivity index is 1.17. The fraction of sp³-hybridized carbons (Fsp3) is 0.548. The number of hydrogen-bond donors (Lipinski definition) is 2. The highest BCUT2D eigenvalue weighted by Gasteiger charge is 2.40. The molecule has 40 heavy (non-hydrogen) atoms. The van der Waals surface area contributed by atoms with Gasteiger partial charge in [0.05, 0.1) is 5.56 Å². The number of carbonyl (C=O) groups excluding carboxylic acids is 2. The summed E-state index contributed by atoms with van der Waals surface area (Å²) in [5, 5.41) is 16.1. The molecule has 0 saturated heterocycles. The smallest absolute Gasteiger partial charge is 0.254 e. The number of nitrogens with zero attached hydrogens (tertiary/aromatic N) is 4. The molecule has 210 valence electrons. The molecule has 1 atom stereocenters. The van der Waals surface area contributed by atoms with E-state index in [-0.39, 0.29) is 23.8 Å². The van der Waals surface area contributed by atoms with Gasteiger partial charge in [-0.2, -0.15) is 0 Å². The standard InChI is InChI=1S/C31H38N6O2S/c1-31(13-14-31)18-36(17-21-5-3-2-4-6-21)30-35-33-19-37(30)23-11-12-25-24(15-23)26(28(39)32-16-20-7-8-20)29(40-25)34-27(38)22-9-10-22/h2-6,19-20,22-23H,7-18H2,1H3,(H,32,39)(H,34,38)/t23-/m0/s1. The van der Waals surface area contributed by atoms with E-state index in [0.717, 1.165) is 61.7 Å². The highest BCUT2D eigenvalue weighted by atomic mass is 32.1. The maximum absolute atomic E-state index is 13.5. The third-order valence-electron chi connectivity index (χ3n) is 9.02. The van der Waals surface area contributed by atoms with Crippen molar-refractivity contribution in [2.45, 2.75) is 77.3 Å². The lowest BCUT2D eigenvalue weighted by atomic mass is 9.91. The van der Waals surface area contributed by atoms with Crippen LogP contribution in [0.15, 0.2) is 36.7 Å². The van der Waals surface area contributed by atoms with Gasteiger partial charge in [0, 0.05) is 36.5 Å². The van der Waals surface area contributed by atoms with Crippen LogP contribution in [-0.2, 0) is 24.2 Å². The minimum Gasteiger partial charge on any atom is -0.352 e. The van der Waals surface area contributed by atoms with Gasteiger partial charge < -0.3 is 15.5 Å². The van der Waals surface area contributed by atoms with Gasteiger partial charge in [-0.1, -0.05) is 37.3 Å². The van der Waals surface area contributed by atoms with Gasteiger partial charge in [-0.25, -0.2) is 0 Å². The molecule has 4 aliphatic rings. The lowest BCUT2D eigenvalue weighted by Crippen LogP contribution is -2.33. The van der Waals surface area contributed by atoms with Gasteiger partial charge in [-0.05, 0) is 80.2 Å². The predicted octanol–water partition coefficient (Wildman–Crippen LogP) is 5.36. The summed E-state index contributed by atoms with van der Waals surface area (Å²) in [6.45, 7) is 4.81. The minimum absolute atomic E-state index is 0.0486. The fourth-order valence-electron chi connectivity index (χ4n) is 5.89. The van der Waals surface area contributed by atoms with Crippen molar-refractivity contribution in [1.29, 1.82) is 0 Å². The van der Waals surface area contributed by atoms with Crippen molar-refractivity contribution in [2.24, 2.45) is 17.3 Å². The summed E-state index contributed by atoms with van der Waals surface area (Å²) in [5.41, 5.74) is 3.35. The van der Waals surface area contributed by atoms with E-state index >= 15 is 0 Å². The summed E-state index contributed by atoms with van der Waals surface area (Å²) in [4.78, 5) is 29.9. The van der Waals surface area contributed by atoms with E-state index in [2.05, 4.69) is 67.6 Å². The van der Waals surface area contributed by atoms with E-state index in [4.69, 9.17) is 0 Å². The Morgan fingerprint density at radius 1 is 1.12 bits per heavy atom. The van der Waals surface area contributed by atoms with Crippen molar-refractivity contribution in [3.8, 4) is 0 Å². The quantitative estimate of drug-likeness (QED) is 0.330. The number of thiophene rings is 1. The van der Waals surface area contributed by atoms with Crippen molar-refractivity contribution in [3.05, 3.63) is 58.2 Å². The van der Waals surface area contributed by atoms with Gasteiger partial charge in [0.2, 0.25) is 11.9 Å². The molecule has 0 unspecified atom stereocenters. The number of amides is 2. The van der Waals surface area contributed by atoms with Crippen molar-refractivity contribution in [1.82, 2.24) is 20.1 Å². The SMILES string of the molecule is CC1(CN(Cc2ccccc2)c2nncn2[C@H]2CCc3sc(NC(=O)C4CC4)c(C(=O)NCC4CC4)c3C2)CC1. The summed E-state index contributed by atoms with van der Waals surface area (Å²) in [7, 11) is 0. The van der Waals surface area contributed by atoms with E-state index in [0.29, 0.717) is 23.4 Å². The number of fused-ring (bicyclic) bond motifs is 1. The molecule has 3 aromatic rings. The molecule has 0 spiro atoms. The first-order chi connectivity index (χ1) is 19.5. The molecule has 2 amide bonds. The van der Waals surface area contributed by atoms with Crippen molar-refractivity contribution < 1.29 is 9.59 Å². The lowest BCUT2D eigenvalue weighted by molar-refractivity contribution is -0.117. The zero-order valence-corrected chi connectivity index (χ0v) is 24.0. The largest absolute Gasteiger partial charge is 0.352 e. The van der Waals surface area contributed by atoms with E-state index in [1.54, 1.807) is 11.3 Å². The van der Waals surface area contributed by atoms with E-state index in [1.807, 2.05) is 6.33 Å². The van der Waals surface area contributed by atoms with Crippen LogP contribution in [0.5, 0.6) is 0 Å². The number of carbonyl (C=O) groups is 2. The predicted molar refractivity (Wildman–Crippen MR) is 157 cm³/mol. The van der Waals surface area contributed by atoms with Gasteiger partial charge in [-0.3, -0.25) is 14.2 Å². The molecular weight excluding hydrogens is 520 g/mol. The second kappa shape index (κ2) is 10.3. The molecule has 7 rings (SSSR count). The van der Waals surface area contributed by atoms with Crippen molar-refractivity contribution >= 4 is 34.1 Å². The fourth-order valence-corrected chi connectivity index (χ4v) is 7.14. The number of benzene rings is 1. The molecule has 9 heteroatoms. The zero-order chi connectivity index (χ0) is 27.3. The van der Waals surface area contributed by atoms with Crippen LogP contribution >= 0.6 is 11.3 Å². The molecular formula is C31H38N6O2S. The maximum Gasteiger partial charge on any atom is 0.254 e. The molecule has 0 radical (unpaired) electrons. The van der Waals surface area contributed by atoms with Crippen LogP contribution in [0.1, 0.15) is 84.3 Å². The first-order valence-corrected chi connectivity index (χ1v) is 15.7. The summed E-state index contributed by atoms with van der Waals surface area (Å²) in [6, 6.07) is 10.7. The number of anilines is 2. The van der Waals surface area contributed by atoms with Gasteiger partial charge in [0.25, 0.3) is 5.91 Å². The topological polar surface area (TPSA) is 92.2 Å². The Morgan fingerprint density at radius 2 is 1.93 bits per heavy atom. The Morgan fingerprint density at radius 3 is 2.65 bits per heavy atom. The molecule has 3 fully saturated rings. The molecule has 8 nitrogen and oxygen atoms in total. The van der Waals surface area contributed by atoms with Gasteiger partial charge in [0.15, 0.2) is 0 Å². The lowest BCUT2D eigenvalue weighted by Gasteiger charge is -2.31. The average Bonchev–Trinajstić information content (AvgIpc) is 3.90. The molecule has 2 aromatic heterocycles. The van der Waals surface area contributed by atoms with Crippen LogP contribution in [0, 0.1) is 17.3 Å². The molecule has 3 saturated carbocycles. The highest BCUT2D eigenvalue weighted by molar-refractivity contribution is 7.17. The van der Waals surface area contributed by atoms with Gasteiger partial charge in [-0.15, -0.1) is 21.5 Å². The van der Waals surface area contributed by atoms with Crippen molar-refractivity contribution in [2.75, 3.05) is 23.3 Å². The van der Waals surface area contributed by atoms with E-state index in [9.17, 15) is 9.59 Å². The third kappa shape index (κ3) is 5.53. The Kier molecular flexibility index (Phi) is 6.65. The number of aryl methyl sites for hydroxylation is 1. The number of nitrogens with one attached hydrogen (secondary N) is 2. The third-order valence-corrected chi connectivity index (χ3v) is 10.2. The van der Waals surface area contributed by atoms with Gasteiger partial charge in [0.1, 0.15) is 11.3 Å². The maximum atomic E-state index is 13.5. The van der Waals surface area contributed by atoms with Gasteiger partial charge >= 0.3 is 0 Å². The summed E-state index contributed by atoms with van der Waals surface area (Å²) >= 11 is 1.60. The van der Waals surface area contributed by atoms with Crippen LogP contribution in [-0.4, -0.2) is 39.7 Å². The Bertz CT molecular complexity index is 1400. The first-order valence-electron chi connectivity index (χ1n) is 14.9. The number of hydrogen-bond acceptors (Lipinski definition) is 6. The molecule has 4 aliphatic carbocycles. The second-order valence-electron chi connectivity index (χ2n) is 12.7. The molecule has 0 aliphatic heterocycles. The van der Waals surface area contributed by atoms with E-state index < -0.39 is 0 Å². The number of rotatable bonds is 11. The molecule has 2 N–H and O–H groups in total. The monoisotopic (exact) mass is 558 g/mol. The van der Waals surface area contributed by atoms with E-state index in [1.165, 1.54) is 36.1 Å².